The van der Waals surface area contributed by atoms with Crippen molar-refractivity contribution in [3.05, 3.63) is 24.3 Å². The van der Waals surface area contributed by atoms with Crippen molar-refractivity contribution in [1.29, 1.82) is 0 Å². The van der Waals surface area contributed by atoms with Gasteiger partial charge in [0.05, 0.1) is 4.90 Å². The zero-order valence-electron chi connectivity index (χ0n) is 10.0. The van der Waals surface area contributed by atoms with Gasteiger partial charge in [-0.05, 0) is 38.4 Å². The highest BCUT2D eigenvalue weighted by atomic mass is 32.2. The number of benzene rings is 1. The van der Waals surface area contributed by atoms with Crippen LogP contribution in [0.3, 0.4) is 0 Å². The zero-order chi connectivity index (χ0) is 13.3. The summed E-state index contributed by atoms with van der Waals surface area (Å²) in [4.78, 5) is 0.0121. The minimum atomic E-state index is -3.65. The summed E-state index contributed by atoms with van der Waals surface area (Å²) in [5.74, 6) is 0. The van der Waals surface area contributed by atoms with E-state index in [-0.39, 0.29) is 10.4 Å². The molecule has 3 N–H and O–H groups in total. The van der Waals surface area contributed by atoms with Crippen molar-refractivity contribution in [2.75, 3.05) is 0 Å². The molecule has 94 valence electrons. The predicted octanol–water partition coefficient (Wildman–Crippen LogP) is -0.557. The van der Waals surface area contributed by atoms with Gasteiger partial charge < -0.3 is 10.0 Å². The van der Waals surface area contributed by atoms with Gasteiger partial charge in [-0.1, -0.05) is 12.1 Å². The number of hydrogen-bond acceptors (Lipinski definition) is 4. The van der Waals surface area contributed by atoms with E-state index in [0.717, 1.165) is 0 Å². The average molecular weight is 257 g/mol. The maximum Gasteiger partial charge on any atom is 0.488 e. The predicted molar refractivity (Wildman–Crippen MR) is 66.3 cm³/mol. The Bertz CT molecular complexity index is 493. The van der Waals surface area contributed by atoms with Crippen molar-refractivity contribution in [2.24, 2.45) is 0 Å². The summed E-state index contributed by atoms with van der Waals surface area (Å²) < 4.78 is 26.4. The van der Waals surface area contributed by atoms with Gasteiger partial charge in [0.1, 0.15) is 0 Å². The van der Waals surface area contributed by atoms with Crippen LogP contribution in [0.4, 0.5) is 0 Å². The first-order chi connectivity index (χ1) is 7.62. The van der Waals surface area contributed by atoms with E-state index < -0.39 is 22.7 Å². The van der Waals surface area contributed by atoms with Gasteiger partial charge in [0.2, 0.25) is 10.0 Å². The van der Waals surface area contributed by atoms with Crippen molar-refractivity contribution in [3.63, 3.8) is 0 Å². The Morgan fingerprint density at radius 2 is 1.82 bits per heavy atom. The maximum atomic E-state index is 11.9. The molecule has 0 aromatic heterocycles. The van der Waals surface area contributed by atoms with E-state index in [1.165, 1.54) is 24.3 Å². The first-order valence-electron chi connectivity index (χ1n) is 5.12. The van der Waals surface area contributed by atoms with Gasteiger partial charge >= 0.3 is 7.12 Å². The lowest BCUT2D eigenvalue weighted by molar-refractivity contribution is 0.425. The first kappa shape index (κ1) is 14.2. The van der Waals surface area contributed by atoms with Gasteiger partial charge in [-0.15, -0.1) is 0 Å². The van der Waals surface area contributed by atoms with Crippen LogP contribution in [0.25, 0.3) is 0 Å². The van der Waals surface area contributed by atoms with E-state index in [2.05, 4.69) is 4.72 Å². The SMILES string of the molecule is CC(C)(C)NS(=O)(=O)c1cccc(B(O)O)c1. The lowest BCUT2D eigenvalue weighted by atomic mass is 9.80. The highest BCUT2D eigenvalue weighted by Gasteiger charge is 2.23. The molecule has 0 aliphatic carbocycles. The van der Waals surface area contributed by atoms with Gasteiger partial charge in [-0.2, -0.15) is 0 Å². The second kappa shape index (κ2) is 4.77. The fourth-order valence-corrected chi connectivity index (χ4v) is 2.78. The molecule has 0 saturated heterocycles. The van der Waals surface area contributed by atoms with Crippen molar-refractivity contribution in [2.45, 2.75) is 31.2 Å². The normalized spacial score (nSPS) is 12.5. The molecule has 0 saturated carbocycles. The third-order valence-electron chi connectivity index (χ3n) is 1.91. The minimum Gasteiger partial charge on any atom is -0.423 e. The highest BCUT2D eigenvalue weighted by molar-refractivity contribution is 7.89. The Kier molecular flexibility index (Phi) is 3.98. The lowest BCUT2D eigenvalue weighted by Gasteiger charge is -2.20. The van der Waals surface area contributed by atoms with Gasteiger partial charge in [0, 0.05) is 5.54 Å². The van der Waals surface area contributed by atoms with Gasteiger partial charge in [0.15, 0.2) is 0 Å². The second-order valence-corrected chi connectivity index (χ2v) is 6.48. The average Bonchev–Trinajstić information content (AvgIpc) is 2.14. The molecule has 0 heterocycles. The Hall–Kier alpha value is -0.885. The summed E-state index contributed by atoms with van der Waals surface area (Å²) in [6, 6.07) is 5.55. The summed E-state index contributed by atoms with van der Waals surface area (Å²) in [6.45, 7) is 5.19. The van der Waals surface area contributed by atoms with Crippen LogP contribution < -0.4 is 10.2 Å². The van der Waals surface area contributed by atoms with Crippen LogP contribution in [0.5, 0.6) is 0 Å². The first-order valence-corrected chi connectivity index (χ1v) is 6.60. The molecular formula is C10H16BNO4S. The summed E-state index contributed by atoms with van der Waals surface area (Å²) in [7, 11) is -5.33. The molecule has 0 spiro atoms. The number of hydrogen-bond donors (Lipinski definition) is 3. The van der Waals surface area contributed by atoms with E-state index in [0.29, 0.717) is 0 Å². The van der Waals surface area contributed by atoms with Gasteiger partial charge in [-0.3, -0.25) is 0 Å². The molecule has 0 bridgehead atoms. The lowest BCUT2D eigenvalue weighted by Crippen LogP contribution is -2.41. The van der Waals surface area contributed by atoms with Gasteiger partial charge in [-0.25, -0.2) is 13.1 Å². The van der Waals surface area contributed by atoms with E-state index in [1.54, 1.807) is 20.8 Å². The standard InChI is InChI=1S/C10H16BNO4S/c1-10(2,3)12-17(15,16)9-6-4-5-8(7-9)11(13)14/h4-7,12-14H,1-3H3. The molecule has 1 aromatic rings. The maximum absolute atomic E-state index is 11.9. The molecule has 1 rings (SSSR count). The molecule has 7 heteroatoms. The van der Waals surface area contributed by atoms with E-state index in [9.17, 15) is 8.42 Å². The van der Waals surface area contributed by atoms with Crippen LogP contribution in [0.1, 0.15) is 20.8 Å². The smallest absolute Gasteiger partial charge is 0.423 e. The van der Waals surface area contributed by atoms with Crippen LogP contribution in [-0.2, 0) is 10.0 Å². The molecule has 1 aromatic carbocycles. The molecule has 0 aliphatic rings. The molecule has 0 unspecified atom stereocenters. The van der Waals surface area contributed by atoms with Crippen molar-refractivity contribution in [1.82, 2.24) is 4.72 Å². The Morgan fingerprint density at radius 3 is 2.29 bits per heavy atom. The molecule has 17 heavy (non-hydrogen) atoms. The Labute approximate surface area is 102 Å². The van der Waals surface area contributed by atoms with Crippen LogP contribution in [0, 0.1) is 0 Å². The fraction of sp³-hybridized carbons (Fsp3) is 0.400. The zero-order valence-corrected chi connectivity index (χ0v) is 10.8. The van der Waals surface area contributed by atoms with Crippen LogP contribution in [-0.4, -0.2) is 31.1 Å². The van der Waals surface area contributed by atoms with Crippen LogP contribution >= 0.6 is 0 Å². The third-order valence-corrected chi connectivity index (χ3v) is 3.66. The molecule has 0 amide bonds. The molecular weight excluding hydrogens is 241 g/mol. The van der Waals surface area contributed by atoms with E-state index in [4.69, 9.17) is 10.0 Å². The summed E-state index contributed by atoms with van der Waals surface area (Å²) >= 11 is 0. The second-order valence-electron chi connectivity index (χ2n) is 4.80. The Morgan fingerprint density at radius 1 is 1.24 bits per heavy atom. The van der Waals surface area contributed by atoms with E-state index in [1.807, 2.05) is 0 Å². The minimum absolute atomic E-state index is 0.0121. The molecule has 0 radical (unpaired) electrons. The largest absolute Gasteiger partial charge is 0.488 e. The molecule has 5 nitrogen and oxygen atoms in total. The highest BCUT2D eigenvalue weighted by Crippen LogP contribution is 2.11. The number of sulfonamides is 1. The Balaban J connectivity index is 3.12. The molecule has 0 aliphatic heterocycles. The third kappa shape index (κ3) is 4.12. The number of rotatable bonds is 3. The fourth-order valence-electron chi connectivity index (χ4n) is 1.30. The quantitative estimate of drug-likeness (QED) is 0.634. The summed E-state index contributed by atoms with van der Waals surface area (Å²) in [5.41, 5.74) is -0.450. The van der Waals surface area contributed by atoms with E-state index >= 15 is 0 Å². The monoisotopic (exact) mass is 257 g/mol. The summed E-state index contributed by atoms with van der Waals surface area (Å²) in [6.07, 6.45) is 0. The molecule has 0 fully saturated rings. The van der Waals surface area contributed by atoms with Crippen LogP contribution in [0.15, 0.2) is 29.2 Å². The number of nitrogens with one attached hydrogen (secondary N) is 1. The molecule has 0 atom stereocenters. The van der Waals surface area contributed by atoms with Gasteiger partial charge in [0.25, 0.3) is 0 Å². The van der Waals surface area contributed by atoms with Crippen LogP contribution in [0.2, 0.25) is 0 Å². The van der Waals surface area contributed by atoms with Crippen molar-refractivity contribution in [3.8, 4) is 0 Å². The summed E-state index contributed by atoms with van der Waals surface area (Å²) in [5, 5.41) is 18.0. The topological polar surface area (TPSA) is 86.6 Å². The van der Waals surface area contributed by atoms with Crippen molar-refractivity contribution < 1.29 is 18.5 Å². The van der Waals surface area contributed by atoms with Crippen molar-refractivity contribution >= 4 is 22.6 Å².